The largest absolute Gasteiger partial charge is 0.300 e. The number of thioether (sulfide) groups is 1. The van der Waals surface area contributed by atoms with E-state index in [0.717, 1.165) is 0 Å². The van der Waals surface area contributed by atoms with Crippen molar-refractivity contribution in [2.75, 3.05) is 6.26 Å². The molecule has 0 aromatic heterocycles. The normalized spacial score (nSPS) is 12.1. The van der Waals surface area contributed by atoms with Crippen molar-refractivity contribution in [1.29, 1.82) is 0 Å². The first kappa shape index (κ1) is 12.0. The van der Waals surface area contributed by atoms with Gasteiger partial charge in [-0.3, -0.25) is 9.59 Å². The quantitative estimate of drug-likeness (QED) is 0.718. The molecule has 3 heteroatoms. The van der Waals surface area contributed by atoms with Gasteiger partial charge in [-0.2, -0.15) is 11.8 Å². The van der Waals surface area contributed by atoms with Crippen molar-refractivity contribution in [3.63, 3.8) is 0 Å². The van der Waals surface area contributed by atoms with Gasteiger partial charge in [0, 0.05) is 12.0 Å². The highest BCUT2D eigenvalue weighted by molar-refractivity contribution is 8.00. The van der Waals surface area contributed by atoms with Crippen molar-refractivity contribution >= 4 is 23.3 Å². The maximum atomic E-state index is 11.9. The van der Waals surface area contributed by atoms with Crippen LogP contribution in [0.1, 0.15) is 23.7 Å². The van der Waals surface area contributed by atoms with Gasteiger partial charge < -0.3 is 0 Å². The fourth-order valence-electron chi connectivity index (χ4n) is 1.33. The maximum absolute atomic E-state index is 11.9. The minimum atomic E-state index is -0.245. The maximum Gasteiger partial charge on any atom is 0.176 e. The Balaban J connectivity index is 2.78. The van der Waals surface area contributed by atoms with E-state index in [0.29, 0.717) is 12.0 Å². The number of hydrogen-bond acceptors (Lipinski definition) is 3. The summed E-state index contributed by atoms with van der Waals surface area (Å²) in [6, 6.07) is 9.10. The van der Waals surface area contributed by atoms with Crippen LogP contribution in [-0.2, 0) is 4.79 Å². The van der Waals surface area contributed by atoms with Crippen LogP contribution in [0.4, 0.5) is 0 Å². The topological polar surface area (TPSA) is 34.1 Å². The summed E-state index contributed by atoms with van der Waals surface area (Å²) >= 11 is 1.43. The number of hydrogen-bond donors (Lipinski definition) is 0. The second kappa shape index (κ2) is 5.71. The highest BCUT2D eigenvalue weighted by Crippen LogP contribution is 2.17. The molecule has 0 spiro atoms. The van der Waals surface area contributed by atoms with Crippen molar-refractivity contribution in [1.82, 2.24) is 0 Å². The second-order valence-corrected chi connectivity index (χ2v) is 4.40. The third kappa shape index (κ3) is 3.51. The standard InChI is InChI=1S/C12H14O2S/c1-9(13)8-11(15-2)12(14)10-6-4-3-5-7-10/h3-7,11H,8H2,1-2H3. The van der Waals surface area contributed by atoms with Crippen LogP contribution in [0, 0.1) is 0 Å². The van der Waals surface area contributed by atoms with Crippen molar-refractivity contribution in [3.05, 3.63) is 35.9 Å². The fraction of sp³-hybridized carbons (Fsp3) is 0.333. The number of carbonyl (C=O) groups is 2. The molecule has 80 valence electrons. The van der Waals surface area contributed by atoms with Crippen LogP contribution >= 0.6 is 11.8 Å². The summed E-state index contributed by atoms with van der Waals surface area (Å²) in [7, 11) is 0. The van der Waals surface area contributed by atoms with E-state index in [1.54, 1.807) is 12.1 Å². The van der Waals surface area contributed by atoms with E-state index in [9.17, 15) is 9.59 Å². The van der Waals surface area contributed by atoms with Gasteiger partial charge in [-0.25, -0.2) is 0 Å². The molecule has 0 bridgehead atoms. The summed E-state index contributed by atoms with van der Waals surface area (Å²) in [5.41, 5.74) is 0.679. The Bertz CT molecular complexity index is 346. The first-order valence-electron chi connectivity index (χ1n) is 4.76. The molecule has 0 aliphatic rings. The molecule has 0 heterocycles. The molecule has 0 N–H and O–H groups in total. The van der Waals surface area contributed by atoms with E-state index in [1.807, 2.05) is 24.5 Å². The number of carbonyl (C=O) groups excluding carboxylic acids is 2. The van der Waals surface area contributed by atoms with E-state index in [1.165, 1.54) is 18.7 Å². The average Bonchev–Trinajstić information content (AvgIpc) is 2.26. The summed E-state index contributed by atoms with van der Waals surface area (Å²) in [6.07, 6.45) is 2.17. The van der Waals surface area contributed by atoms with E-state index in [2.05, 4.69) is 0 Å². The Morgan fingerprint density at radius 2 is 1.87 bits per heavy atom. The van der Waals surface area contributed by atoms with Gasteiger partial charge in [0.25, 0.3) is 0 Å². The number of benzene rings is 1. The monoisotopic (exact) mass is 222 g/mol. The Labute approximate surface area is 94.1 Å². The van der Waals surface area contributed by atoms with Gasteiger partial charge in [-0.1, -0.05) is 30.3 Å². The van der Waals surface area contributed by atoms with Crippen LogP contribution in [0.25, 0.3) is 0 Å². The Morgan fingerprint density at radius 3 is 2.33 bits per heavy atom. The Hall–Kier alpha value is -1.09. The van der Waals surface area contributed by atoms with Crippen molar-refractivity contribution in [2.24, 2.45) is 0 Å². The Morgan fingerprint density at radius 1 is 1.27 bits per heavy atom. The van der Waals surface area contributed by atoms with E-state index in [4.69, 9.17) is 0 Å². The SMILES string of the molecule is CSC(CC(C)=O)C(=O)c1ccccc1. The van der Waals surface area contributed by atoms with E-state index >= 15 is 0 Å². The van der Waals surface area contributed by atoms with Crippen molar-refractivity contribution < 1.29 is 9.59 Å². The molecule has 15 heavy (non-hydrogen) atoms. The molecular weight excluding hydrogens is 208 g/mol. The zero-order valence-corrected chi connectivity index (χ0v) is 9.71. The second-order valence-electron chi connectivity index (χ2n) is 3.36. The molecular formula is C12H14O2S. The summed E-state index contributed by atoms with van der Waals surface area (Å²) in [5, 5.41) is -0.245. The Kier molecular flexibility index (Phi) is 4.56. The highest BCUT2D eigenvalue weighted by atomic mass is 32.2. The average molecular weight is 222 g/mol. The van der Waals surface area contributed by atoms with Crippen molar-refractivity contribution in [2.45, 2.75) is 18.6 Å². The summed E-state index contributed by atoms with van der Waals surface area (Å²) in [6.45, 7) is 1.52. The lowest BCUT2D eigenvalue weighted by Crippen LogP contribution is -2.19. The predicted octanol–water partition coefficient (Wildman–Crippen LogP) is 2.58. The van der Waals surface area contributed by atoms with E-state index < -0.39 is 0 Å². The highest BCUT2D eigenvalue weighted by Gasteiger charge is 2.20. The minimum absolute atomic E-state index is 0.0401. The molecule has 0 aliphatic heterocycles. The fourth-order valence-corrected chi connectivity index (χ4v) is 2.08. The van der Waals surface area contributed by atoms with Gasteiger partial charge in [0.05, 0.1) is 5.25 Å². The van der Waals surface area contributed by atoms with E-state index in [-0.39, 0.29) is 16.8 Å². The molecule has 0 aliphatic carbocycles. The zero-order valence-electron chi connectivity index (χ0n) is 8.90. The van der Waals surface area contributed by atoms with Crippen LogP contribution in [0.5, 0.6) is 0 Å². The molecule has 0 fully saturated rings. The molecule has 1 unspecified atom stereocenters. The van der Waals surface area contributed by atoms with Crippen LogP contribution in [0.2, 0.25) is 0 Å². The van der Waals surface area contributed by atoms with Crippen LogP contribution in [0.15, 0.2) is 30.3 Å². The first-order valence-corrected chi connectivity index (χ1v) is 6.05. The summed E-state index contributed by atoms with van der Waals surface area (Å²) in [5.74, 6) is 0.0944. The van der Waals surface area contributed by atoms with Gasteiger partial charge in [0.2, 0.25) is 0 Å². The smallest absolute Gasteiger partial charge is 0.176 e. The molecule has 1 rings (SSSR count). The molecule has 0 saturated carbocycles. The minimum Gasteiger partial charge on any atom is -0.300 e. The molecule has 1 atom stereocenters. The molecule has 1 aromatic carbocycles. The van der Waals surface area contributed by atoms with Gasteiger partial charge in [0.1, 0.15) is 5.78 Å². The van der Waals surface area contributed by atoms with Crippen LogP contribution < -0.4 is 0 Å². The zero-order chi connectivity index (χ0) is 11.3. The summed E-state index contributed by atoms with van der Waals surface area (Å²) < 4.78 is 0. The molecule has 2 nitrogen and oxygen atoms in total. The van der Waals surface area contributed by atoms with Crippen LogP contribution in [-0.4, -0.2) is 23.1 Å². The molecule has 1 aromatic rings. The lowest BCUT2D eigenvalue weighted by atomic mass is 10.1. The summed E-state index contributed by atoms with van der Waals surface area (Å²) in [4.78, 5) is 22.9. The molecule has 0 radical (unpaired) electrons. The lowest BCUT2D eigenvalue weighted by molar-refractivity contribution is -0.116. The van der Waals surface area contributed by atoms with Crippen LogP contribution in [0.3, 0.4) is 0 Å². The van der Waals surface area contributed by atoms with Gasteiger partial charge in [-0.15, -0.1) is 0 Å². The molecule has 0 amide bonds. The van der Waals surface area contributed by atoms with Gasteiger partial charge in [-0.05, 0) is 13.2 Å². The predicted molar refractivity (Wildman–Crippen MR) is 63.4 cm³/mol. The third-order valence-corrected chi connectivity index (χ3v) is 3.06. The number of ketones is 2. The van der Waals surface area contributed by atoms with Gasteiger partial charge >= 0.3 is 0 Å². The molecule has 0 saturated heterocycles. The number of Topliss-reactive ketones (excluding diaryl/α,β-unsaturated/α-hetero) is 2. The third-order valence-electron chi connectivity index (χ3n) is 2.11. The van der Waals surface area contributed by atoms with Gasteiger partial charge in [0.15, 0.2) is 5.78 Å². The first-order chi connectivity index (χ1) is 7.15. The number of rotatable bonds is 5. The lowest BCUT2D eigenvalue weighted by Gasteiger charge is -2.11. The van der Waals surface area contributed by atoms with Crippen molar-refractivity contribution in [3.8, 4) is 0 Å².